The van der Waals surface area contributed by atoms with Crippen LogP contribution in [0, 0.1) is 17.3 Å². The Morgan fingerprint density at radius 1 is 0.958 bits per heavy atom. The zero-order valence-electron chi connectivity index (χ0n) is 39.3. The van der Waals surface area contributed by atoms with Crippen LogP contribution in [0.4, 0.5) is 8.78 Å². The molecule has 2 unspecified atom stereocenters. The monoisotopic (exact) mass is 1030 g/mol. The summed E-state index contributed by atoms with van der Waals surface area (Å²) in [6, 6.07) is 15.1. The van der Waals surface area contributed by atoms with Gasteiger partial charge in [-0.15, -0.1) is 11.3 Å². The average molecular weight is 1030 g/mol. The second kappa shape index (κ2) is 20.4. The van der Waals surface area contributed by atoms with Crippen LogP contribution in [-0.2, 0) is 38.9 Å². The Morgan fingerprint density at radius 2 is 1.71 bits per heavy atom. The molecule has 8 rings (SSSR count). The normalized spacial score (nSPS) is 21.0. The summed E-state index contributed by atoms with van der Waals surface area (Å²) in [7, 11) is -5.87. The maximum atomic E-state index is 14.8. The van der Waals surface area contributed by atoms with Crippen molar-refractivity contribution in [3.05, 3.63) is 105 Å². The lowest BCUT2D eigenvalue weighted by molar-refractivity contribution is -0.147. The van der Waals surface area contributed by atoms with Crippen LogP contribution in [0.3, 0.4) is 0 Å². The first kappa shape index (κ1) is 51.7. The van der Waals surface area contributed by atoms with Gasteiger partial charge < -0.3 is 35.0 Å². The standard InChI is InChI=1S/C50H51F2N6O12PS/c1-49(2,3)42(55-44(62)38-23-31-22-32(16-18-37(31)72-38)50(51,52)71(67,68)69)48(66)57-26-33(24-36(57)46(64)56-21-9-14-30(25-56)28-10-5-4-6-11-28)70-27-40(60)53-20-8-13-29-12-7-15-34-41(29)47(65)58(45(34)63)35-17-19-39(59)54-43(35)61/h4-7,10-12,15-16,18,22-23,30,33,35-36,42H,9,14,17,19-21,24-27H2,1-3H3,(H,53,60)(H,55,62)(H,54,59,61)(H2,67,68,69)/t30?,33-,35?,36-,42+/m0/s1. The highest BCUT2D eigenvalue weighted by molar-refractivity contribution is 7.52. The zero-order chi connectivity index (χ0) is 51.9. The molecule has 4 aromatic rings. The predicted molar refractivity (Wildman–Crippen MR) is 256 cm³/mol. The number of hydrogen-bond acceptors (Lipinski definition) is 11. The Bertz CT molecular complexity index is 3000. The number of carbonyl (C=O) groups is 8. The minimum absolute atomic E-state index is 0.00122. The smallest absolute Gasteiger partial charge is 0.366 e. The molecule has 3 saturated heterocycles. The molecule has 0 bridgehead atoms. The summed E-state index contributed by atoms with van der Waals surface area (Å²) >= 11 is 0.925. The van der Waals surface area contributed by atoms with Gasteiger partial charge in [0.1, 0.15) is 24.7 Å². The van der Waals surface area contributed by atoms with Crippen molar-refractivity contribution < 1.29 is 66.2 Å². The number of ether oxygens (including phenoxy) is 1. The van der Waals surface area contributed by atoms with Crippen LogP contribution in [0.25, 0.3) is 10.1 Å². The summed E-state index contributed by atoms with van der Waals surface area (Å²) in [4.78, 5) is 130. The molecule has 0 saturated carbocycles. The number of thiophene rings is 1. The fourth-order valence-corrected chi connectivity index (χ4v) is 10.9. The number of hydrogen-bond donors (Lipinski definition) is 5. The lowest BCUT2D eigenvalue weighted by Crippen LogP contribution is -2.58. The highest BCUT2D eigenvalue weighted by atomic mass is 32.1. The second-order valence-corrected chi connectivity index (χ2v) is 21.9. The molecule has 3 fully saturated rings. The Labute approximate surface area is 416 Å². The van der Waals surface area contributed by atoms with Crippen LogP contribution >= 0.6 is 18.9 Å². The zero-order valence-corrected chi connectivity index (χ0v) is 41.0. The molecule has 378 valence electrons. The topological polar surface area (TPSA) is 249 Å². The van der Waals surface area contributed by atoms with E-state index in [4.69, 9.17) is 4.74 Å². The van der Waals surface area contributed by atoms with Crippen LogP contribution < -0.4 is 16.0 Å². The number of piperidine rings is 2. The van der Waals surface area contributed by atoms with Crippen LogP contribution in [0.5, 0.6) is 0 Å². The Morgan fingerprint density at radius 3 is 2.42 bits per heavy atom. The quantitative estimate of drug-likeness (QED) is 0.0760. The number of halogens is 2. The van der Waals surface area contributed by atoms with Crippen LogP contribution in [0.1, 0.15) is 106 Å². The van der Waals surface area contributed by atoms with Crippen LogP contribution in [0.2, 0.25) is 0 Å². The number of amides is 8. The van der Waals surface area contributed by atoms with Crippen molar-refractivity contribution in [3.63, 3.8) is 0 Å². The molecule has 0 spiro atoms. The third kappa shape index (κ3) is 10.6. The number of carbonyl (C=O) groups excluding carboxylic acids is 8. The predicted octanol–water partition coefficient (Wildman–Crippen LogP) is 4.23. The third-order valence-electron chi connectivity index (χ3n) is 13.2. The van der Waals surface area contributed by atoms with Crippen molar-refractivity contribution in [1.82, 2.24) is 30.7 Å². The fourth-order valence-electron chi connectivity index (χ4n) is 9.45. The minimum atomic E-state index is -5.87. The Hall–Kier alpha value is -6.69. The van der Waals surface area contributed by atoms with E-state index in [9.17, 15) is 61.5 Å². The van der Waals surface area contributed by atoms with Gasteiger partial charge in [-0.1, -0.05) is 75.1 Å². The molecule has 18 nitrogen and oxygen atoms in total. The van der Waals surface area contributed by atoms with Crippen molar-refractivity contribution in [2.45, 2.75) is 88.7 Å². The van der Waals surface area contributed by atoms with Crippen molar-refractivity contribution >= 4 is 76.3 Å². The number of imide groups is 2. The maximum absolute atomic E-state index is 14.8. The van der Waals surface area contributed by atoms with Crippen molar-refractivity contribution in [2.75, 3.05) is 32.8 Å². The number of fused-ring (bicyclic) bond motifs is 2. The molecule has 72 heavy (non-hydrogen) atoms. The van der Waals surface area contributed by atoms with E-state index in [0.717, 1.165) is 40.4 Å². The molecule has 4 aliphatic heterocycles. The summed E-state index contributed by atoms with van der Waals surface area (Å²) in [5.74, 6) is 0.715. The third-order valence-corrected chi connectivity index (χ3v) is 15.3. The number of nitrogens with zero attached hydrogens (tertiary/aromatic N) is 3. The van der Waals surface area contributed by atoms with Gasteiger partial charge in [0.2, 0.25) is 29.5 Å². The number of likely N-dealkylation sites (tertiary alicyclic amines) is 2. The van der Waals surface area contributed by atoms with Crippen molar-refractivity contribution in [2.24, 2.45) is 5.41 Å². The molecule has 1 aromatic heterocycles. The van der Waals surface area contributed by atoms with E-state index < -0.39 is 96.4 Å². The van der Waals surface area contributed by atoms with E-state index in [0.29, 0.717) is 24.2 Å². The molecule has 5 heterocycles. The average Bonchev–Trinajstić information content (AvgIpc) is 4.05. The lowest BCUT2D eigenvalue weighted by Gasteiger charge is -2.38. The van der Waals surface area contributed by atoms with E-state index in [-0.39, 0.29) is 71.1 Å². The summed E-state index contributed by atoms with van der Waals surface area (Å²) < 4.78 is 47.1. The van der Waals surface area contributed by atoms with E-state index in [1.807, 2.05) is 30.3 Å². The van der Waals surface area contributed by atoms with E-state index in [1.165, 1.54) is 35.2 Å². The first-order valence-electron chi connectivity index (χ1n) is 23.2. The first-order valence-corrected chi connectivity index (χ1v) is 25.6. The Balaban J connectivity index is 0.957. The number of rotatable bonds is 12. The highest BCUT2D eigenvalue weighted by Gasteiger charge is 2.51. The van der Waals surface area contributed by atoms with Gasteiger partial charge in [0.05, 0.1) is 28.7 Å². The molecule has 8 amide bonds. The summed E-state index contributed by atoms with van der Waals surface area (Å²) in [6.45, 7) is 5.19. The molecule has 22 heteroatoms. The molecule has 5 N–H and O–H groups in total. The fraction of sp³-hybridized carbons (Fsp3) is 0.400. The lowest BCUT2D eigenvalue weighted by atomic mass is 9.85. The largest absolute Gasteiger partial charge is 0.399 e. The molecule has 5 atom stereocenters. The van der Waals surface area contributed by atoms with E-state index in [1.54, 1.807) is 25.7 Å². The summed E-state index contributed by atoms with van der Waals surface area (Å²) in [6.07, 6.45) is 0.730. The van der Waals surface area contributed by atoms with E-state index in [2.05, 4.69) is 27.8 Å². The van der Waals surface area contributed by atoms with Crippen LogP contribution in [0.15, 0.2) is 72.8 Å². The van der Waals surface area contributed by atoms with Gasteiger partial charge in [0.15, 0.2) is 0 Å². The molecular formula is C50H51F2N6O12PS. The molecule has 0 aliphatic carbocycles. The maximum Gasteiger partial charge on any atom is 0.399 e. The minimum Gasteiger partial charge on any atom is -0.366 e. The van der Waals surface area contributed by atoms with Crippen molar-refractivity contribution in [1.29, 1.82) is 0 Å². The molecular weight excluding hydrogens is 978 g/mol. The van der Waals surface area contributed by atoms with E-state index >= 15 is 0 Å². The number of benzene rings is 3. The molecule has 3 aromatic carbocycles. The number of nitrogens with one attached hydrogen (secondary N) is 3. The molecule has 4 aliphatic rings. The van der Waals surface area contributed by atoms with Crippen molar-refractivity contribution in [3.8, 4) is 11.8 Å². The molecule has 0 radical (unpaired) electrons. The van der Waals surface area contributed by atoms with Gasteiger partial charge in [-0.05, 0) is 66.0 Å². The van der Waals surface area contributed by atoms with Gasteiger partial charge >= 0.3 is 13.3 Å². The summed E-state index contributed by atoms with van der Waals surface area (Å²) in [5, 5.41) is 7.69. The van der Waals surface area contributed by atoms with Gasteiger partial charge in [0.25, 0.3) is 17.7 Å². The second-order valence-electron chi connectivity index (χ2n) is 19.2. The SMILES string of the molecule is CC(C)(C)[C@H](NC(=O)c1cc2cc(C(F)(F)P(=O)(O)O)ccc2s1)C(=O)N1C[C@@H](OCC(=O)NCC#Cc2cccc3c2C(=O)N(C2CCC(=O)NC2=O)C3=O)C[C@H]1C(=O)N1CCCC(c2ccccc2)C1. The highest BCUT2D eigenvalue weighted by Crippen LogP contribution is 2.59. The van der Waals surface area contributed by atoms with Gasteiger partial charge in [-0.3, -0.25) is 53.1 Å². The number of alkyl halides is 2. The van der Waals surface area contributed by atoms with Gasteiger partial charge in [0, 0.05) is 54.2 Å². The van der Waals surface area contributed by atoms with Crippen LogP contribution in [-0.4, -0.2) is 129 Å². The van der Waals surface area contributed by atoms with Gasteiger partial charge in [-0.25, -0.2) is 0 Å². The summed E-state index contributed by atoms with van der Waals surface area (Å²) in [5.41, 5.74) is -5.04. The van der Waals surface area contributed by atoms with Gasteiger partial charge in [-0.2, -0.15) is 8.78 Å². The first-order chi connectivity index (χ1) is 34.0. The Kier molecular flexibility index (Phi) is 14.7.